The second kappa shape index (κ2) is 8.24. The van der Waals surface area contributed by atoms with Crippen LogP contribution >= 0.6 is 11.6 Å². The number of likely N-dealkylation sites (tertiary alicyclic amines) is 1. The Hall–Kier alpha value is -1.86. The molecule has 5 rings (SSSR count). The molecule has 31 heavy (non-hydrogen) atoms. The molecular weight excluding hydrogens is 416 g/mol. The highest BCUT2D eigenvalue weighted by atomic mass is 35.5. The fourth-order valence-corrected chi connectivity index (χ4v) is 6.26. The zero-order chi connectivity index (χ0) is 21.6. The van der Waals surface area contributed by atoms with Gasteiger partial charge < -0.3 is 19.8 Å². The van der Waals surface area contributed by atoms with Crippen LogP contribution < -0.4 is 9.80 Å². The predicted octanol–water partition coefficient (Wildman–Crippen LogP) is 2.98. The summed E-state index contributed by atoms with van der Waals surface area (Å²) in [4.78, 5) is 36.2. The second-order valence-corrected chi connectivity index (χ2v) is 10.1. The minimum absolute atomic E-state index is 0.120. The molecule has 0 bridgehead atoms. The lowest BCUT2D eigenvalue weighted by Crippen LogP contribution is -2.50. The minimum Gasteiger partial charge on any atom is -0.393 e. The van der Waals surface area contributed by atoms with Crippen molar-refractivity contribution in [2.45, 2.75) is 69.9 Å². The van der Waals surface area contributed by atoms with Gasteiger partial charge in [-0.05, 0) is 57.4 Å². The average Bonchev–Trinajstić information content (AvgIpc) is 3.33. The van der Waals surface area contributed by atoms with Gasteiger partial charge in [0.25, 0.3) is 0 Å². The molecule has 1 N–H and O–H groups in total. The lowest BCUT2D eigenvalue weighted by Gasteiger charge is -2.41. The first-order valence-electron chi connectivity index (χ1n) is 11.7. The standard InChI is InChI=1S/C23H31ClN4O3/c24-19-13-17(27-11-1-3-20(27)30)14-25-21(19)26-10-2-8-23(15-26)9-12-28(22(23)31)16-4-6-18(29)7-5-16/h13-14,16,18,29H,1-12,15H2/t16?,18?,23-/m1/s1. The van der Waals surface area contributed by atoms with Gasteiger partial charge in [0.2, 0.25) is 11.8 Å². The fourth-order valence-electron chi connectivity index (χ4n) is 5.98. The summed E-state index contributed by atoms with van der Waals surface area (Å²) in [5.41, 5.74) is 0.397. The van der Waals surface area contributed by atoms with Crippen LogP contribution in [0.15, 0.2) is 12.3 Å². The van der Waals surface area contributed by atoms with Crippen molar-refractivity contribution in [1.82, 2.24) is 9.88 Å². The third-order valence-electron chi connectivity index (χ3n) is 7.72. The van der Waals surface area contributed by atoms with Gasteiger partial charge in [-0.1, -0.05) is 11.6 Å². The maximum absolute atomic E-state index is 13.5. The summed E-state index contributed by atoms with van der Waals surface area (Å²) in [7, 11) is 0. The van der Waals surface area contributed by atoms with Crippen LogP contribution in [0.2, 0.25) is 5.02 Å². The largest absolute Gasteiger partial charge is 0.393 e. The smallest absolute Gasteiger partial charge is 0.230 e. The monoisotopic (exact) mass is 446 g/mol. The van der Waals surface area contributed by atoms with Gasteiger partial charge >= 0.3 is 0 Å². The molecule has 3 saturated heterocycles. The Morgan fingerprint density at radius 2 is 1.87 bits per heavy atom. The first-order valence-corrected chi connectivity index (χ1v) is 12.0. The van der Waals surface area contributed by atoms with E-state index in [2.05, 4.69) is 14.8 Å². The molecule has 0 aromatic carbocycles. The zero-order valence-electron chi connectivity index (χ0n) is 17.9. The molecule has 4 heterocycles. The number of halogens is 1. The molecule has 168 valence electrons. The number of nitrogens with zero attached hydrogens (tertiary/aromatic N) is 4. The van der Waals surface area contributed by atoms with Crippen molar-refractivity contribution in [3.8, 4) is 0 Å². The highest BCUT2D eigenvalue weighted by molar-refractivity contribution is 6.33. The van der Waals surface area contributed by atoms with E-state index in [-0.39, 0.29) is 29.4 Å². The topological polar surface area (TPSA) is 77.0 Å². The van der Waals surface area contributed by atoms with E-state index in [9.17, 15) is 14.7 Å². The van der Waals surface area contributed by atoms with Crippen LogP contribution in [-0.2, 0) is 9.59 Å². The number of hydrogen-bond donors (Lipinski definition) is 1. The SMILES string of the molecule is O=C1CCCN1c1cnc(N2CCC[C@@]3(CCN(C4CCC(O)CC4)C3=O)C2)c(Cl)c1. The summed E-state index contributed by atoms with van der Waals surface area (Å²) in [6.07, 6.45) is 9.07. The van der Waals surface area contributed by atoms with Crippen LogP contribution in [0.3, 0.4) is 0 Å². The summed E-state index contributed by atoms with van der Waals surface area (Å²) in [6.45, 7) is 3.00. The van der Waals surface area contributed by atoms with E-state index in [0.717, 1.165) is 70.1 Å². The Balaban J connectivity index is 1.31. The van der Waals surface area contributed by atoms with Gasteiger partial charge in [0.1, 0.15) is 5.82 Å². The summed E-state index contributed by atoms with van der Waals surface area (Å²) in [5, 5.41) is 10.4. The molecule has 0 unspecified atom stereocenters. The van der Waals surface area contributed by atoms with E-state index in [0.29, 0.717) is 30.4 Å². The van der Waals surface area contributed by atoms with Crippen molar-refractivity contribution in [3.63, 3.8) is 0 Å². The molecule has 1 aliphatic carbocycles. The van der Waals surface area contributed by atoms with Crippen molar-refractivity contribution in [2.75, 3.05) is 36.0 Å². The third kappa shape index (κ3) is 3.80. The van der Waals surface area contributed by atoms with Gasteiger partial charge in [0, 0.05) is 38.6 Å². The number of pyridine rings is 1. The lowest BCUT2D eigenvalue weighted by molar-refractivity contribution is -0.139. The molecule has 4 fully saturated rings. The third-order valence-corrected chi connectivity index (χ3v) is 8.00. The van der Waals surface area contributed by atoms with Crippen molar-refractivity contribution < 1.29 is 14.7 Å². The van der Waals surface area contributed by atoms with E-state index in [4.69, 9.17) is 11.6 Å². The number of aliphatic hydroxyl groups excluding tert-OH is 1. The first-order chi connectivity index (χ1) is 15.0. The number of rotatable bonds is 3. The van der Waals surface area contributed by atoms with Crippen LogP contribution in [0.4, 0.5) is 11.5 Å². The highest BCUT2D eigenvalue weighted by Crippen LogP contribution is 2.44. The van der Waals surface area contributed by atoms with Crippen LogP contribution in [0, 0.1) is 5.41 Å². The number of anilines is 2. The van der Waals surface area contributed by atoms with Crippen molar-refractivity contribution >= 4 is 34.9 Å². The summed E-state index contributed by atoms with van der Waals surface area (Å²) in [5.74, 6) is 1.10. The Morgan fingerprint density at radius 1 is 1.06 bits per heavy atom. The average molecular weight is 447 g/mol. The van der Waals surface area contributed by atoms with Crippen LogP contribution in [-0.4, -0.2) is 65.1 Å². The molecule has 1 aromatic heterocycles. The van der Waals surface area contributed by atoms with Crippen molar-refractivity contribution in [3.05, 3.63) is 17.3 Å². The van der Waals surface area contributed by atoms with E-state index < -0.39 is 0 Å². The Morgan fingerprint density at radius 3 is 2.58 bits per heavy atom. The molecule has 8 heteroatoms. The Kier molecular flexibility index (Phi) is 5.59. The van der Waals surface area contributed by atoms with Crippen molar-refractivity contribution in [1.29, 1.82) is 0 Å². The van der Waals surface area contributed by atoms with Gasteiger partial charge in [-0.2, -0.15) is 0 Å². The number of aliphatic hydroxyl groups is 1. The minimum atomic E-state index is -0.358. The Bertz CT molecular complexity index is 872. The number of piperidine rings is 1. The fraction of sp³-hybridized carbons (Fsp3) is 0.696. The maximum Gasteiger partial charge on any atom is 0.230 e. The number of amides is 2. The predicted molar refractivity (Wildman–Crippen MR) is 119 cm³/mol. The van der Waals surface area contributed by atoms with E-state index in [1.807, 2.05) is 6.07 Å². The molecule has 1 aromatic rings. The zero-order valence-corrected chi connectivity index (χ0v) is 18.7. The second-order valence-electron chi connectivity index (χ2n) is 9.66. The first kappa shape index (κ1) is 21.0. The van der Waals surface area contributed by atoms with Gasteiger partial charge in [-0.3, -0.25) is 9.59 Å². The molecule has 2 amide bonds. The molecule has 1 atom stereocenters. The molecular formula is C23H31ClN4O3. The van der Waals surface area contributed by atoms with Crippen LogP contribution in [0.25, 0.3) is 0 Å². The van der Waals surface area contributed by atoms with Crippen molar-refractivity contribution in [2.24, 2.45) is 5.41 Å². The van der Waals surface area contributed by atoms with Crippen LogP contribution in [0.1, 0.15) is 57.8 Å². The number of carbonyl (C=O) groups excluding carboxylic acids is 2. The summed E-state index contributed by atoms with van der Waals surface area (Å²) < 4.78 is 0. The molecule has 1 spiro atoms. The van der Waals surface area contributed by atoms with E-state index in [1.165, 1.54) is 0 Å². The lowest BCUT2D eigenvalue weighted by atomic mass is 9.78. The van der Waals surface area contributed by atoms with Gasteiger partial charge in [0.15, 0.2) is 0 Å². The number of hydrogen-bond acceptors (Lipinski definition) is 5. The summed E-state index contributed by atoms with van der Waals surface area (Å²) >= 11 is 6.62. The van der Waals surface area contributed by atoms with Crippen LogP contribution in [0.5, 0.6) is 0 Å². The van der Waals surface area contributed by atoms with Gasteiger partial charge in [-0.15, -0.1) is 0 Å². The van der Waals surface area contributed by atoms with E-state index in [1.54, 1.807) is 11.1 Å². The molecule has 1 saturated carbocycles. The summed E-state index contributed by atoms with van der Waals surface area (Å²) in [6, 6.07) is 2.11. The number of carbonyl (C=O) groups is 2. The van der Waals surface area contributed by atoms with Gasteiger partial charge in [-0.25, -0.2) is 4.98 Å². The van der Waals surface area contributed by atoms with Gasteiger partial charge in [0.05, 0.1) is 28.4 Å². The molecule has 3 aliphatic heterocycles. The molecule has 0 radical (unpaired) electrons. The Labute approximate surface area is 188 Å². The number of aromatic nitrogens is 1. The highest BCUT2D eigenvalue weighted by Gasteiger charge is 2.51. The quantitative estimate of drug-likeness (QED) is 0.772. The normalized spacial score (nSPS) is 31.9. The van der Waals surface area contributed by atoms with E-state index >= 15 is 0 Å². The molecule has 7 nitrogen and oxygen atoms in total. The maximum atomic E-state index is 13.5. The molecule has 4 aliphatic rings.